The summed E-state index contributed by atoms with van der Waals surface area (Å²) in [4.78, 5) is 22.3. The third-order valence-corrected chi connectivity index (χ3v) is 5.31. The van der Waals surface area contributed by atoms with Crippen LogP contribution in [-0.2, 0) is 23.1 Å². The van der Waals surface area contributed by atoms with E-state index in [1.54, 1.807) is 12.0 Å². The fraction of sp³-hybridized carbons (Fsp3) is 0.333. The first-order valence-corrected chi connectivity index (χ1v) is 8.84. The van der Waals surface area contributed by atoms with Gasteiger partial charge in [0.05, 0.1) is 23.6 Å². The number of methoxy groups -OCH3 is 1. The molecule has 1 N–H and O–H groups in total. The SMILES string of the molecule is COc1cccc(CCc2nc3cc4c(cc3[nH]2)N(C)C(=O)C4(C)C)c1. The summed E-state index contributed by atoms with van der Waals surface area (Å²) in [6, 6.07) is 12.2. The molecule has 1 amide bonds. The topological polar surface area (TPSA) is 58.2 Å². The van der Waals surface area contributed by atoms with Crippen LogP contribution in [-0.4, -0.2) is 30.0 Å². The Morgan fingerprint density at radius 1 is 1.19 bits per heavy atom. The van der Waals surface area contributed by atoms with Crippen LogP contribution in [0, 0.1) is 0 Å². The molecule has 0 unspecified atom stereocenters. The smallest absolute Gasteiger partial charge is 0.236 e. The van der Waals surface area contributed by atoms with Crippen molar-refractivity contribution in [3.63, 3.8) is 0 Å². The van der Waals surface area contributed by atoms with Gasteiger partial charge >= 0.3 is 0 Å². The second kappa shape index (κ2) is 5.87. The van der Waals surface area contributed by atoms with Gasteiger partial charge in [-0.05, 0) is 55.7 Å². The summed E-state index contributed by atoms with van der Waals surface area (Å²) in [6.45, 7) is 3.94. The van der Waals surface area contributed by atoms with Crippen LogP contribution >= 0.6 is 0 Å². The number of rotatable bonds is 4. The number of amides is 1. The minimum Gasteiger partial charge on any atom is -0.497 e. The number of fused-ring (bicyclic) bond motifs is 2. The Morgan fingerprint density at radius 2 is 2.00 bits per heavy atom. The molecular weight excluding hydrogens is 326 g/mol. The number of hydrogen-bond acceptors (Lipinski definition) is 3. The lowest BCUT2D eigenvalue weighted by Gasteiger charge is -2.16. The van der Waals surface area contributed by atoms with E-state index in [-0.39, 0.29) is 5.91 Å². The molecule has 2 heterocycles. The second-order valence-electron chi connectivity index (χ2n) is 7.41. The van der Waals surface area contributed by atoms with Crippen molar-refractivity contribution >= 4 is 22.6 Å². The monoisotopic (exact) mass is 349 g/mol. The maximum atomic E-state index is 12.4. The van der Waals surface area contributed by atoms with E-state index in [1.165, 1.54) is 5.56 Å². The summed E-state index contributed by atoms with van der Waals surface area (Å²) in [5, 5.41) is 0. The van der Waals surface area contributed by atoms with E-state index in [0.717, 1.165) is 46.7 Å². The van der Waals surface area contributed by atoms with Crippen LogP contribution in [0.3, 0.4) is 0 Å². The molecule has 5 heteroatoms. The standard InChI is InChI=1S/C21H23N3O2/c1-21(2)15-11-16-17(12-18(15)24(3)20(21)25)23-19(22-16)9-8-13-6-5-7-14(10-13)26-4/h5-7,10-12H,8-9H2,1-4H3,(H,22,23). The Morgan fingerprint density at radius 3 is 2.77 bits per heavy atom. The molecule has 4 rings (SSSR count). The molecule has 0 atom stereocenters. The number of carbonyl (C=O) groups is 1. The van der Waals surface area contributed by atoms with Crippen molar-refractivity contribution in [3.8, 4) is 5.75 Å². The van der Waals surface area contributed by atoms with E-state index in [2.05, 4.69) is 23.2 Å². The normalized spacial score (nSPS) is 15.5. The number of aromatic nitrogens is 2. The fourth-order valence-corrected chi connectivity index (χ4v) is 3.73. The summed E-state index contributed by atoms with van der Waals surface area (Å²) in [5.41, 5.74) is 4.62. The highest BCUT2D eigenvalue weighted by atomic mass is 16.5. The summed E-state index contributed by atoms with van der Waals surface area (Å²) < 4.78 is 5.28. The lowest BCUT2D eigenvalue weighted by atomic mass is 9.86. The zero-order valence-corrected chi connectivity index (χ0v) is 15.6. The van der Waals surface area contributed by atoms with Gasteiger partial charge in [0.2, 0.25) is 5.91 Å². The van der Waals surface area contributed by atoms with Crippen LogP contribution in [0.4, 0.5) is 5.69 Å². The van der Waals surface area contributed by atoms with Gasteiger partial charge in [0.1, 0.15) is 11.6 Å². The van der Waals surface area contributed by atoms with E-state index >= 15 is 0 Å². The van der Waals surface area contributed by atoms with E-state index < -0.39 is 5.41 Å². The number of H-pyrrole nitrogens is 1. The molecule has 0 fully saturated rings. The van der Waals surface area contributed by atoms with Crippen LogP contribution in [0.5, 0.6) is 5.75 Å². The van der Waals surface area contributed by atoms with Crippen molar-refractivity contribution in [3.05, 3.63) is 53.3 Å². The molecule has 0 radical (unpaired) electrons. The molecule has 0 bridgehead atoms. The van der Waals surface area contributed by atoms with Gasteiger partial charge in [-0.3, -0.25) is 4.79 Å². The Bertz CT molecular complexity index is 1000. The molecule has 3 aromatic rings. The largest absolute Gasteiger partial charge is 0.497 e. The van der Waals surface area contributed by atoms with Crippen molar-refractivity contribution in [2.75, 3.05) is 19.1 Å². The Kier molecular flexibility index (Phi) is 3.75. The molecule has 1 aromatic heterocycles. The molecule has 26 heavy (non-hydrogen) atoms. The number of anilines is 1. The maximum absolute atomic E-state index is 12.4. The molecular formula is C21H23N3O2. The van der Waals surface area contributed by atoms with Crippen molar-refractivity contribution in [2.24, 2.45) is 0 Å². The van der Waals surface area contributed by atoms with Crippen molar-refractivity contribution in [2.45, 2.75) is 32.1 Å². The quantitative estimate of drug-likeness (QED) is 0.783. The Labute approximate surface area is 153 Å². The molecule has 5 nitrogen and oxygen atoms in total. The summed E-state index contributed by atoms with van der Waals surface area (Å²) >= 11 is 0. The summed E-state index contributed by atoms with van der Waals surface area (Å²) in [7, 11) is 3.52. The van der Waals surface area contributed by atoms with Crippen LogP contribution < -0.4 is 9.64 Å². The fourth-order valence-electron chi connectivity index (χ4n) is 3.73. The molecule has 0 saturated heterocycles. The lowest BCUT2D eigenvalue weighted by molar-refractivity contribution is -0.121. The number of aromatic amines is 1. The first-order chi connectivity index (χ1) is 12.4. The zero-order chi connectivity index (χ0) is 18.5. The average molecular weight is 349 g/mol. The van der Waals surface area contributed by atoms with E-state index in [4.69, 9.17) is 9.72 Å². The highest BCUT2D eigenvalue weighted by molar-refractivity contribution is 6.09. The lowest BCUT2D eigenvalue weighted by Crippen LogP contribution is -2.33. The van der Waals surface area contributed by atoms with Crippen molar-refractivity contribution in [1.82, 2.24) is 9.97 Å². The van der Waals surface area contributed by atoms with Gasteiger partial charge < -0.3 is 14.6 Å². The minimum atomic E-state index is -0.502. The first-order valence-electron chi connectivity index (χ1n) is 8.84. The van der Waals surface area contributed by atoms with Gasteiger partial charge in [-0.15, -0.1) is 0 Å². The van der Waals surface area contributed by atoms with Crippen LogP contribution in [0.15, 0.2) is 36.4 Å². The third kappa shape index (κ3) is 2.55. The van der Waals surface area contributed by atoms with Crippen LogP contribution in [0.25, 0.3) is 11.0 Å². The number of nitrogens with one attached hydrogen (secondary N) is 1. The van der Waals surface area contributed by atoms with Gasteiger partial charge in [-0.25, -0.2) is 4.98 Å². The Hall–Kier alpha value is -2.82. The van der Waals surface area contributed by atoms with E-state index in [1.807, 2.05) is 39.1 Å². The number of ether oxygens (including phenoxy) is 1. The summed E-state index contributed by atoms with van der Waals surface area (Å²) in [6.07, 6.45) is 1.71. The Balaban J connectivity index is 1.62. The minimum absolute atomic E-state index is 0.124. The van der Waals surface area contributed by atoms with Crippen LogP contribution in [0.2, 0.25) is 0 Å². The van der Waals surface area contributed by atoms with Crippen molar-refractivity contribution < 1.29 is 9.53 Å². The predicted octanol–water partition coefficient (Wildman–Crippen LogP) is 3.61. The molecule has 0 saturated carbocycles. The first kappa shape index (κ1) is 16.6. The number of hydrogen-bond donors (Lipinski definition) is 1. The number of benzene rings is 2. The van der Waals surface area contributed by atoms with E-state index in [9.17, 15) is 4.79 Å². The number of aryl methyl sites for hydroxylation is 2. The summed E-state index contributed by atoms with van der Waals surface area (Å²) in [5.74, 6) is 1.95. The molecule has 1 aliphatic heterocycles. The van der Waals surface area contributed by atoms with Gasteiger partial charge in [0.25, 0.3) is 0 Å². The third-order valence-electron chi connectivity index (χ3n) is 5.31. The average Bonchev–Trinajstić information content (AvgIpc) is 3.12. The van der Waals surface area contributed by atoms with Gasteiger partial charge in [0.15, 0.2) is 0 Å². The number of likely N-dealkylation sites (N-methyl/N-ethyl adjacent to an activating group) is 1. The molecule has 0 aliphatic carbocycles. The zero-order valence-electron chi connectivity index (χ0n) is 15.6. The van der Waals surface area contributed by atoms with Crippen molar-refractivity contribution in [1.29, 1.82) is 0 Å². The number of imidazole rings is 1. The number of nitrogens with zero attached hydrogens (tertiary/aromatic N) is 2. The van der Waals surface area contributed by atoms with Crippen LogP contribution in [0.1, 0.15) is 30.8 Å². The molecule has 1 aliphatic rings. The number of carbonyl (C=O) groups excluding carboxylic acids is 1. The molecule has 0 spiro atoms. The molecule has 2 aromatic carbocycles. The highest BCUT2D eigenvalue weighted by Gasteiger charge is 2.42. The molecule has 134 valence electrons. The van der Waals surface area contributed by atoms with Gasteiger partial charge in [-0.1, -0.05) is 12.1 Å². The van der Waals surface area contributed by atoms with E-state index in [0.29, 0.717) is 0 Å². The van der Waals surface area contributed by atoms with Gasteiger partial charge in [0, 0.05) is 19.2 Å². The maximum Gasteiger partial charge on any atom is 0.236 e. The predicted molar refractivity (Wildman–Crippen MR) is 103 cm³/mol. The second-order valence-corrected chi connectivity index (χ2v) is 7.41. The highest BCUT2D eigenvalue weighted by Crippen LogP contribution is 2.42. The van der Waals surface area contributed by atoms with Gasteiger partial charge in [-0.2, -0.15) is 0 Å².